The molecule has 3 aromatic heterocycles. The molecule has 1 aliphatic heterocycles. The van der Waals surface area contributed by atoms with E-state index in [2.05, 4.69) is 62.9 Å². The van der Waals surface area contributed by atoms with E-state index < -0.39 is 0 Å². The van der Waals surface area contributed by atoms with Crippen molar-refractivity contribution in [2.24, 2.45) is 0 Å². The fourth-order valence-electron chi connectivity index (χ4n) is 5.43. The number of nitrogens with one attached hydrogen (secondary N) is 1. The van der Waals surface area contributed by atoms with Gasteiger partial charge in [-0.25, -0.2) is 14.3 Å². The number of nitrogens with zero attached hydrogens (tertiary/aromatic N) is 7. The Bertz CT molecular complexity index is 1600. The van der Waals surface area contributed by atoms with Gasteiger partial charge in [0.2, 0.25) is 0 Å². The summed E-state index contributed by atoms with van der Waals surface area (Å²) < 4.78 is 3.92. The van der Waals surface area contributed by atoms with Crippen molar-refractivity contribution in [3.63, 3.8) is 0 Å². The van der Waals surface area contributed by atoms with Crippen LogP contribution in [0.1, 0.15) is 17.7 Å². The highest BCUT2D eigenvalue weighted by Gasteiger charge is 2.20. The second kappa shape index (κ2) is 10.7. The van der Waals surface area contributed by atoms with Gasteiger partial charge in [0.1, 0.15) is 11.8 Å². The molecule has 6 rings (SSSR count). The lowest BCUT2D eigenvalue weighted by Gasteiger charge is -2.34. The van der Waals surface area contributed by atoms with Crippen molar-refractivity contribution in [1.29, 1.82) is 0 Å². The summed E-state index contributed by atoms with van der Waals surface area (Å²) in [5.41, 5.74) is 12.5. The van der Waals surface area contributed by atoms with Crippen molar-refractivity contribution in [1.82, 2.24) is 39.5 Å². The normalized spacial score (nSPS) is 14.3. The maximum atomic E-state index is 11.9. The molecule has 2 amide bonds. The molecular formula is C29H33N9O. The lowest BCUT2D eigenvalue weighted by molar-refractivity contribution is 0.140. The minimum Gasteiger partial charge on any atom is -0.382 e. The number of hydrogen-bond acceptors (Lipinski definition) is 6. The van der Waals surface area contributed by atoms with Crippen LogP contribution in [0, 0.1) is 0 Å². The van der Waals surface area contributed by atoms with E-state index in [1.54, 1.807) is 7.05 Å². The number of amides is 2. The summed E-state index contributed by atoms with van der Waals surface area (Å²) in [7, 11) is 1.68. The molecule has 200 valence electrons. The first-order valence-corrected chi connectivity index (χ1v) is 13.4. The molecule has 10 heteroatoms. The van der Waals surface area contributed by atoms with Gasteiger partial charge in [-0.3, -0.25) is 9.58 Å². The summed E-state index contributed by atoms with van der Waals surface area (Å²) in [5, 5.41) is 13.2. The quantitative estimate of drug-likeness (QED) is 0.339. The molecule has 4 heterocycles. The zero-order valence-electron chi connectivity index (χ0n) is 22.1. The summed E-state index contributed by atoms with van der Waals surface area (Å²) in [6, 6.07) is 18.9. The third-order valence-electron chi connectivity index (χ3n) is 7.49. The molecule has 0 spiro atoms. The van der Waals surface area contributed by atoms with Gasteiger partial charge in [-0.1, -0.05) is 42.5 Å². The van der Waals surface area contributed by atoms with Crippen LogP contribution in [0.25, 0.3) is 27.5 Å². The Hall–Kier alpha value is -4.44. The number of piperazine rings is 1. The number of hydrogen-bond donors (Lipinski definition) is 2. The first-order valence-electron chi connectivity index (χ1n) is 13.4. The number of fused-ring (bicyclic) bond motifs is 2. The summed E-state index contributed by atoms with van der Waals surface area (Å²) in [6.07, 6.45) is 5.45. The highest BCUT2D eigenvalue weighted by Crippen LogP contribution is 2.32. The highest BCUT2D eigenvalue weighted by molar-refractivity contribution is 5.92. The largest absolute Gasteiger partial charge is 0.382 e. The fourth-order valence-corrected chi connectivity index (χ4v) is 5.43. The van der Waals surface area contributed by atoms with Crippen LogP contribution in [0.5, 0.6) is 0 Å². The zero-order chi connectivity index (χ0) is 26.8. The van der Waals surface area contributed by atoms with E-state index in [0.717, 1.165) is 85.4 Å². The Labute approximate surface area is 227 Å². The predicted octanol–water partition coefficient (Wildman–Crippen LogP) is 3.27. The van der Waals surface area contributed by atoms with Crippen molar-refractivity contribution >= 4 is 28.3 Å². The number of benzene rings is 2. The van der Waals surface area contributed by atoms with Crippen molar-refractivity contribution < 1.29 is 4.79 Å². The van der Waals surface area contributed by atoms with Crippen molar-refractivity contribution in [2.75, 3.05) is 45.5 Å². The number of carbonyl (C=O) groups is 1. The number of nitrogens with two attached hydrogens (primary N) is 1. The molecule has 39 heavy (non-hydrogen) atoms. The minimum atomic E-state index is 0.000237. The Morgan fingerprint density at radius 3 is 2.67 bits per heavy atom. The van der Waals surface area contributed by atoms with Gasteiger partial charge in [-0.15, -0.1) is 0 Å². The second-order valence-electron chi connectivity index (χ2n) is 10.0. The van der Waals surface area contributed by atoms with Crippen LogP contribution in [0.4, 0.5) is 10.6 Å². The molecule has 0 saturated carbocycles. The molecule has 1 saturated heterocycles. The van der Waals surface area contributed by atoms with Crippen LogP contribution in [-0.4, -0.2) is 80.0 Å². The molecule has 0 atom stereocenters. The molecule has 0 radical (unpaired) electrons. The van der Waals surface area contributed by atoms with Gasteiger partial charge in [0.05, 0.1) is 12.1 Å². The number of aromatic nitrogens is 5. The monoisotopic (exact) mass is 523 g/mol. The number of carbonyl (C=O) groups excluding carboxylic acids is 1. The third-order valence-corrected chi connectivity index (χ3v) is 7.49. The molecule has 5 aromatic rings. The molecule has 0 unspecified atom stereocenters. The maximum Gasteiger partial charge on any atom is 0.317 e. The molecule has 0 aliphatic carbocycles. The standard InChI is InChI=1S/C29H33N9O/c1-31-29(39)36-14-12-35(13-15-36)11-5-8-24-17-25(27-28(30)32-20-33-38(24)27)22-9-10-23-19-37(34-26(23)16-22)18-21-6-3-2-4-7-21/h2-4,6-7,9-10,16-17,19-20H,5,8,11-15,18H2,1H3,(H,31,39)(H2,30,32,33). The number of urea groups is 1. The average molecular weight is 524 g/mol. The molecule has 2 aromatic carbocycles. The average Bonchev–Trinajstić information content (AvgIpc) is 3.54. The van der Waals surface area contributed by atoms with Crippen LogP contribution in [0.2, 0.25) is 0 Å². The fraction of sp³-hybridized carbons (Fsp3) is 0.310. The smallest absolute Gasteiger partial charge is 0.317 e. The van der Waals surface area contributed by atoms with E-state index in [4.69, 9.17) is 10.8 Å². The molecule has 1 aliphatic rings. The van der Waals surface area contributed by atoms with E-state index in [9.17, 15) is 4.79 Å². The van der Waals surface area contributed by atoms with Crippen LogP contribution in [0.15, 0.2) is 67.1 Å². The second-order valence-corrected chi connectivity index (χ2v) is 10.0. The molecular weight excluding hydrogens is 490 g/mol. The van der Waals surface area contributed by atoms with Gasteiger partial charge in [0, 0.05) is 56.1 Å². The van der Waals surface area contributed by atoms with Crippen LogP contribution < -0.4 is 11.1 Å². The lowest BCUT2D eigenvalue weighted by atomic mass is 10.0. The van der Waals surface area contributed by atoms with Gasteiger partial charge in [-0.05, 0) is 42.6 Å². The Kier molecular flexibility index (Phi) is 6.85. The molecule has 10 nitrogen and oxygen atoms in total. The summed E-state index contributed by atoms with van der Waals surface area (Å²) in [4.78, 5) is 20.4. The zero-order valence-corrected chi connectivity index (χ0v) is 22.1. The van der Waals surface area contributed by atoms with Crippen molar-refractivity contribution in [3.8, 4) is 11.1 Å². The van der Waals surface area contributed by atoms with Crippen molar-refractivity contribution in [2.45, 2.75) is 19.4 Å². The van der Waals surface area contributed by atoms with Gasteiger partial charge in [-0.2, -0.15) is 10.2 Å². The number of anilines is 1. The van der Waals surface area contributed by atoms with E-state index in [-0.39, 0.29) is 6.03 Å². The predicted molar refractivity (Wildman–Crippen MR) is 152 cm³/mol. The van der Waals surface area contributed by atoms with E-state index >= 15 is 0 Å². The van der Waals surface area contributed by atoms with Gasteiger partial charge < -0.3 is 16.0 Å². The summed E-state index contributed by atoms with van der Waals surface area (Å²) >= 11 is 0. The lowest BCUT2D eigenvalue weighted by Crippen LogP contribution is -2.51. The summed E-state index contributed by atoms with van der Waals surface area (Å²) in [5.74, 6) is 0.464. The minimum absolute atomic E-state index is 0.000237. The number of aryl methyl sites for hydroxylation is 1. The SMILES string of the molecule is CNC(=O)N1CCN(CCCc2cc(-c3ccc4cn(Cc5ccccc5)nc4c3)c3c(N)ncnn23)CC1. The van der Waals surface area contributed by atoms with Crippen LogP contribution in [-0.2, 0) is 13.0 Å². The molecule has 1 fully saturated rings. The Morgan fingerprint density at radius 2 is 1.87 bits per heavy atom. The number of rotatable bonds is 7. The Morgan fingerprint density at radius 1 is 1.05 bits per heavy atom. The van der Waals surface area contributed by atoms with Crippen molar-refractivity contribution in [3.05, 3.63) is 78.4 Å². The van der Waals surface area contributed by atoms with Gasteiger partial charge in [0.15, 0.2) is 5.82 Å². The van der Waals surface area contributed by atoms with E-state index in [0.29, 0.717) is 5.82 Å². The topological polar surface area (TPSA) is 110 Å². The van der Waals surface area contributed by atoms with E-state index in [1.165, 1.54) is 11.9 Å². The van der Waals surface area contributed by atoms with Gasteiger partial charge >= 0.3 is 6.03 Å². The van der Waals surface area contributed by atoms with Crippen LogP contribution >= 0.6 is 0 Å². The summed E-state index contributed by atoms with van der Waals surface area (Å²) in [6.45, 7) is 4.98. The van der Waals surface area contributed by atoms with Crippen LogP contribution in [0.3, 0.4) is 0 Å². The molecule has 0 bridgehead atoms. The highest BCUT2D eigenvalue weighted by atomic mass is 16.2. The third kappa shape index (κ3) is 5.15. The first kappa shape index (κ1) is 24.9. The van der Waals surface area contributed by atoms with E-state index in [1.807, 2.05) is 32.3 Å². The Balaban J connectivity index is 1.20. The maximum absolute atomic E-state index is 11.9. The molecule has 3 N–H and O–H groups in total. The van der Waals surface area contributed by atoms with Gasteiger partial charge in [0.25, 0.3) is 0 Å². The first-order chi connectivity index (χ1) is 19.1. The number of nitrogen functional groups attached to an aromatic ring is 1.